The Labute approximate surface area is 123 Å². The molecule has 2 aromatic heterocycles. The van der Waals surface area contributed by atoms with Crippen LogP contribution < -0.4 is 0 Å². The second-order valence-corrected chi connectivity index (χ2v) is 6.95. The summed E-state index contributed by atoms with van der Waals surface area (Å²) in [5, 5.41) is 10.3. The minimum absolute atomic E-state index is 0.00426. The van der Waals surface area contributed by atoms with Crippen molar-refractivity contribution in [1.29, 1.82) is 0 Å². The molecule has 1 amide bonds. The van der Waals surface area contributed by atoms with Crippen LogP contribution in [-0.2, 0) is 16.6 Å². The zero-order valence-electron chi connectivity index (χ0n) is 10.4. The SMILES string of the molecule is O=C(O)c1sccc1CN1C(=O)c2cccnc2S1(=O)=O. The lowest BCUT2D eigenvalue weighted by Crippen LogP contribution is -2.30. The first kappa shape index (κ1) is 13.7. The van der Waals surface area contributed by atoms with Crippen molar-refractivity contribution in [3.63, 3.8) is 0 Å². The maximum atomic E-state index is 12.3. The molecular weight excluding hydrogens is 316 g/mol. The molecule has 21 heavy (non-hydrogen) atoms. The topological polar surface area (TPSA) is 105 Å². The fraction of sp³-hybridized carbons (Fsp3) is 0.0833. The van der Waals surface area contributed by atoms with Gasteiger partial charge in [0.1, 0.15) is 4.88 Å². The van der Waals surface area contributed by atoms with Crippen LogP contribution in [0.2, 0.25) is 0 Å². The van der Waals surface area contributed by atoms with Crippen LogP contribution in [-0.4, -0.2) is 34.7 Å². The number of aromatic carboxylic acids is 1. The van der Waals surface area contributed by atoms with Gasteiger partial charge in [-0.1, -0.05) is 0 Å². The first-order valence-corrected chi connectivity index (χ1v) is 8.06. The summed E-state index contributed by atoms with van der Waals surface area (Å²) in [7, 11) is -4.03. The third-order valence-corrected chi connectivity index (χ3v) is 5.65. The van der Waals surface area contributed by atoms with Crippen molar-refractivity contribution in [1.82, 2.24) is 9.29 Å². The van der Waals surface area contributed by atoms with Crippen molar-refractivity contribution in [2.75, 3.05) is 0 Å². The summed E-state index contributed by atoms with van der Waals surface area (Å²) in [6, 6.07) is 4.35. The van der Waals surface area contributed by atoms with E-state index in [1.165, 1.54) is 29.8 Å². The van der Waals surface area contributed by atoms with Crippen LogP contribution in [0.5, 0.6) is 0 Å². The zero-order valence-corrected chi connectivity index (χ0v) is 12.0. The summed E-state index contributed by atoms with van der Waals surface area (Å²) >= 11 is 0.978. The molecule has 1 aliphatic heterocycles. The van der Waals surface area contributed by atoms with Crippen LogP contribution in [0, 0.1) is 0 Å². The summed E-state index contributed by atoms with van der Waals surface area (Å²) < 4.78 is 25.3. The Morgan fingerprint density at radius 2 is 2.14 bits per heavy atom. The molecule has 0 spiro atoms. The molecular formula is C12H8N2O5S2. The highest BCUT2D eigenvalue weighted by molar-refractivity contribution is 7.90. The van der Waals surface area contributed by atoms with E-state index in [-0.39, 0.29) is 27.6 Å². The quantitative estimate of drug-likeness (QED) is 0.909. The van der Waals surface area contributed by atoms with Gasteiger partial charge in [0.15, 0.2) is 5.03 Å². The molecule has 0 radical (unpaired) electrons. The molecule has 0 saturated carbocycles. The van der Waals surface area contributed by atoms with Crippen LogP contribution >= 0.6 is 11.3 Å². The predicted molar refractivity (Wildman–Crippen MR) is 72.6 cm³/mol. The third kappa shape index (κ3) is 2.01. The number of sulfonamides is 1. The summed E-state index contributed by atoms with van der Waals surface area (Å²) in [6.45, 7) is -0.317. The molecule has 3 rings (SSSR count). The summed E-state index contributed by atoms with van der Waals surface area (Å²) in [5.41, 5.74) is 0.279. The highest BCUT2D eigenvalue weighted by atomic mass is 32.2. The van der Waals surface area contributed by atoms with E-state index in [9.17, 15) is 18.0 Å². The molecule has 9 heteroatoms. The van der Waals surface area contributed by atoms with Gasteiger partial charge in [-0.25, -0.2) is 14.1 Å². The molecule has 0 atom stereocenters. The second kappa shape index (κ2) is 4.64. The summed E-state index contributed by atoms with van der Waals surface area (Å²) in [5.74, 6) is -1.85. The molecule has 0 bridgehead atoms. The van der Waals surface area contributed by atoms with Gasteiger partial charge in [0.2, 0.25) is 0 Å². The van der Waals surface area contributed by atoms with Crippen molar-refractivity contribution in [3.05, 3.63) is 45.8 Å². The maximum absolute atomic E-state index is 12.3. The number of hydrogen-bond acceptors (Lipinski definition) is 6. The maximum Gasteiger partial charge on any atom is 0.346 e. The first-order chi connectivity index (χ1) is 9.93. The van der Waals surface area contributed by atoms with Crippen molar-refractivity contribution in [2.24, 2.45) is 0 Å². The number of hydrogen-bond donors (Lipinski definition) is 1. The molecule has 2 aromatic rings. The van der Waals surface area contributed by atoms with Gasteiger partial charge in [-0.15, -0.1) is 11.3 Å². The highest BCUT2D eigenvalue weighted by Crippen LogP contribution is 2.31. The van der Waals surface area contributed by atoms with Crippen molar-refractivity contribution < 1.29 is 23.1 Å². The Kier molecular flexibility index (Phi) is 3.03. The van der Waals surface area contributed by atoms with Crippen LogP contribution in [0.4, 0.5) is 0 Å². The van der Waals surface area contributed by atoms with E-state index in [1.54, 1.807) is 0 Å². The summed E-state index contributed by atoms with van der Waals surface area (Å²) in [6.07, 6.45) is 1.29. The van der Waals surface area contributed by atoms with Gasteiger partial charge in [-0.2, -0.15) is 8.42 Å². The molecule has 0 aliphatic carbocycles. The minimum Gasteiger partial charge on any atom is -0.477 e. The van der Waals surface area contributed by atoms with Crippen molar-refractivity contribution >= 4 is 33.2 Å². The van der Waals surface area contributed by atoms with Crippen LogP contribution in [0.25, 0.3) is 0 Å². The number of carboxylic acids is 1. The number of rotatable bonds is 3. The third-order valence-electron chi connectivity index (χ3n) is 3.02. The van der Waals surface area contributed by atoms with E-state index >= 15 is 0 Å². The Morgan fingerprint density at radius 3 is 2.81 bits per heavy atom. The second-order valence-electron chi connectivity index (χ2n) is 4.25. The first-order valence-electron chi connectivity index (χ1n) is 5.74. The van der Waals surface area contributed by atoms with E-state index in [4.69, 9.17) is 5.11 Å². The molecule has 0 saturated heterocycles. The van der Waals surface area contributed by atoms with Gasteiger partial charge in [0, 0.05) is 6.20 Å². The van der Waals surface area contributed by atoms with E-state index in [1.807, 2.05) is 0 Å². The van der Waals surface area contributed by atoms with E-state index < -0.39 is 21.9 Å². The number of amides is 1. The molecule has 0 fully saturated rings. The lowest BCUT2D eigenvalue weighted by Gasteiger charge is -2.14. The standard InChI is InChI=1S/C12H8N2O5S2/c15-11-8-2-1-4-13-10(8)21(18,19)14(11)6-7-3-5-20-9(7)12(16)17/h1-5H,6H2,(H,16,17). The van der Waals surface area contributed by atoms with Crippen molar-refractivity contribution in [2.45, 2.75) is 11.6 Å². The number of carbonyl (C=O) groups excluding carboxylic acids is 1. The molecule has 3 heterocycles. The molecule has 0 aromatic carbocycles. The Balaban J connectivity index is 2.04. The number of nitrogens with zero attached hydrogens (tertiary/aromatic N) is 2. The molecule has 108 valence electrons. The minimum atomic E-state index is -4.03. The number of aromatic nitrogens is 1. The number of thiophene rings is 1. The number of carbonyl (C=O) groups is 2. The van der Waals surface area contributed by atoms with Gasteiger partial charge in [-0.3, -0.25) is 4.79 Å². The molecule has 0 unspecified atom stereocenters. The summed E-state index contributed by atoms with van der Waals surface area (Å²) in [4.78, 5) is 27.0. The van der Waals surface area contributed by atoms with Gasteiger partial charge in [-0.05, 0) is 29.1 Å². The van der Waals surface area contributed by atoms with Gasteiger partial charge >= 0.3 is 5.97 Å². The van der Waals surface area contributed by atoms with Gasteiger partial charge in [0.25, 0.3) is 15.9 Å². The lowest BCUT2D eigenvalue weighted by molar-refractivity contribution is 0.0697. The zero-order chi connectivity index (χ0) is 15.2. The number of carboxylic acid groups (broad SMARTS) is 1. The fourth-order valence-electron chi connectivity index (χ4n) is 2.07. The van der Waals surface area contributed by atoms with Crippen molar-refractivity contribution in [3.8, 4) is 0 Å². The van der Waals surface area contributed by atoms with E-state index in [0.717, 1.165) is 11.3 Å². The smallest absolute Gasteiger partial charge is 0.346 e. The van der Waals surface area contributed by atoms with Gasteiger partial charge in [0.05, 0.1) is 12.1 Å². The van der Waals surface area contributed by atoms with Gasteiger partial charge < -0.3 is 5.11 Å². The number of fused-ring (bicyclic) bond motifs is 1. The number of pyridine rings is 1. The largest absolute Gasteiger partial charge is 0.477 e. The molecule has 1 N–H and O–H groups in total. The Bertz CT molecular complexity index is 856. The highest BCUT2D eigenvalue weighted by Gasteiger charge is 2.42. The molecule has 7 nitrogen and oxygen atoms in total. The average Bonchev–Trinajstić information content (AvgIpc) is 2.98. The average molecular weight is 324 g/mol. The van der Waals surface area contributed by atoms with Crippen LogP contribution in [0.15, 0.2) is 34.8 Å². The van der Waals surface area contributed by atoms with E-state index in [2.05, 4.69) is 4.98 Å². The monoisotopic (exact) mass is 324 g/mol. The Hall–Kier alpha value is -2.26. The fourth-order valence-corrected chi connectivity index (χ4v) is 4.28. The normalized spacial score (nSPS) is 16.0. The predicted octanol–water partition coefficient (Wildman–Crippen LogP) is 1.19. The van der Waals surface area contributed by atoms with Crippen LogP contribution in [0.1, 0.15) is 25.6 Å². The molecule has 1 aliphatic rings. The van der Waals surface area contributed by atoms with Crippen LogP contribution in [0.3, 0.4) is 0 Å². The van der Waals surface area contributed by atoms with E-state index in [0.29, 0.717) is 4.31 Å². The Morgan fingerprint density at radius 1 is 1.38 bits per heavy atom. The lowest BCUT2D eigenvalue weighted by atomic mass is 10.2.